The fourth-order valence-electron chi connectivity index (χ4n) is 3.52. The molecule has 0 spiro atoms. The van der Waals surface area contributed by atoms with Crippen molar-refractivity contribution in [3.05, 3.63) is 57.6 Å². The molecule has 1 atom stereocenters. The second-order valence-electron chi connectivity index (χ2n) is 7.54. The third-order valence-corrected chi connectivity index (χ3v) is 8.91. The number of aromatic nitrogens is 1. The van der Waals surface area contributed by atoms with Gasteiger partial charge in [-0.3, -0.25) is 5.32 Å². The van der Waals surface area contributed by atoms with Crippen molar-refractivity contribution in [2.24, 2.45) is 0 Å². The highest BCUT2D eigenvalue weighted by Gasteiger charge is 2.35. The van der Waals surface area contributed by atoms with Gasteiger partial charge in [-0.2, -0.15) is 24.9 Å². The molecule has 1 fully saturated rings. The van der Waals surface area contributed by atoms with E-state index in [4.69, 9.17) is 23.2 Å². The number of hydrogen-bond donors (Lipinski definition) is 3. The first-order valence-corrected chi connectivity index (χ1v) is 13.4. The Labute approximate surface area is 211 Å². The van der Waals surface area contributed by atoms with Crippen molar-refractivity contribution in [3.8, 4) is 0 Å². The molecule has 1 saturated heterocycles. The molecule has 2 aromatic carbocycles. The lowest BCUT2D eigenvalue weighted by Gasteiger charge is -2.23. The van der Waals surface area contributed by atoms with Crippen molar-refractivity contribution >= 4 is 73.0 Å². The monoisotopic (exact) mass is 565 g/mol. The molecule has 1 aliphatic heterocycles. The van der Waals surface area contributed by atoms with Gasteiger partial charge in [0.2, 0.25) is 9.84 Å². The van der Waals surface area contributed by atoms with Crippen LogP contribution in [0.4, 0.5) is 24.5 Å². The van der Waals surface area contributed by atoms with Gasteiger partial charge in [0.15, 0.2) is 5.03 Å². The predicted octanol–water partition coefficient (Wildman–Crippen LogP) is 5.44. The standard InChI is InChI=1S/C21H16Cl2F3N3O4S2/c22-10-1-2-15(12(5-10)20(30)31)28-17-8-18(35(32,33)19-9-34-4-3-27-19)29-16-7-13(21(24,25)26)14(23)6-11(16)17/h1-2,5-8,19,27H,3-4,9H2,(H,28,29)(H,30,31). The van der Waals surface area contributed by atoms with E-state index in [-0.39, 0.29) is 38.6 Å². The Bertz CT molecular complexity index is 1430. The molecular weight excluding hydrogens is 550 g/mol. The van der Waals surface area contributed by atoms with Crippen LogP contribution in [0.25, 0.3) is 10.9 Å². The second-order valence-corrected chi connectivity index (χ2v) is 11.6. The summed E-state index contributed by atoms with van der Waals surface area (Å²) in [6.07, 6.45) is -4.80. The summed E-state index contributed by atoms with van der Waals surface area (Å²) in [5.41, 5.74) is -1.63. The lowest BCUT2D eigenvalue weighted by Crippen LogP contribution is -2.43. The number of nitrogens with one attached hydrogen (secondary N) is 2. The summed E-state index contributed by atoms with van der Waals surface area (Å²) in [7, 11) is -4.09. The SMILES string of the molecule is O=C(O)c1cc(Cl)ccc1Nc1cc(S(=O)(=O)C2CSCCN2)nc2cc(C(F)(F)F)c(Cl)cc12. The number of hydrogen-bond acceptors (Lipinski definition) is 7. The van der Waals surface area contributed by atoms with E-state index in [0.717, 1.165) is 12.1 Å². The van der Waals surface area contributed by atoms with Gasteiger partial charge in [0, 0.05) is 28.5 Å². The van der Waals surface area contributed by atoms with Gasteiger partial charge in [0.1, 0.15) is 5.37 Å². The summed E-state index contributed by atoms with van der Waals surface area (Å²) in [6.45, 7) is 0.438. The molecule has 0 bridgehead atoms. The van der Waals surface area contributed by atoms with E-state index in [1.807, 2.05) is 0 Å². The number of alkyl halides is 3. The fourth-order valence-corrected chi connectivity index (χ4v) is 6.87. The molecule has 2 heterocycles. The van der Waals surface area contributed by atoms with Crippen molar-refractivity contribution in [2.75, 3.05) is 23.4 Å². The van der Waals surface area contributed by atoms with E-state index >= 15 is 0 Å². The van der Waals surface area contributed by atoms with E-state index in [9.17, 15) is 31.5 Å². The van der Waals surface area contributed by atoms with Gasteiger partial charge in [-0.25, -0.2) is 18.2 Å². The molecule has 1 unspecified atom stereocenters. The molecule has 0 amide bonds. The first kappa shape index (κ1) is 25.8. The molecule has 14 heteroatoms. The Morgan fingerprint density at radius 1 is 1.17 bits per heavy atom. The number of halogens is 5. The van der Waals surface area contributed by atoms with E-state index in [0.29, 0.717) is 18.4 Å². The number of aromatic carboxylic acids is 1. The number of thioether (sulfide) groups is 1. The van der Waals surface area contributed by atoms with Crippen molar-refractivity contribution in [2.45, 2.75) is 16.6 Å². The number of anilines is 2. The zero-order chi connectivity index (χ0) is 25.5. The molecule has 186 valence electrons. The second kappa shape index (κ2) is 9.66. The number of sulfone groups is 1. The van der Waals surface area contributed by atoms with Gasteiger partial charge >= 0.3 is 12.1 Å². The van der Waals surface area contributed by atoms with E-state index < -0.39 is 43.0 Å². The summed E-state index contributed by atoms with van der Waals surface area (Å²) < 4.78 is 67.0. The Morgan fingerprint density at radius 2 is 1.91 bits per heavy atom. The molecule has 0 aliphatic carbocycles. The maximum absolute atomic E-state index is 13.5. The Hall–Kier alpha value is -2.25. The fraction of sp³-hybridized carbons (Fsp3) is 0.238. The van der Waals surface area contributed by atoms with Crippen LogP contribution in [0.1, 0.15) is 15.9 Å². The van der Waals surface area contributed by atoms with Crippen molar-refractivity contribution < 1.29 is 31.5 Å². The lowest BCUT2D eigenvalue weighted by atomic mass is 10.1. The zero-order valence-electron chi connectivity index (χ0n) is 17.5. The average Bonchev–Trinajstić information content (AvgIpc) is 2.79. The quantitative estimate of drug-likeness (QED) is 0.375. The maximum Gasteiger partial charge on any atom is 0.417 e. The predicted molar refractivity (Wildman–Crippen MR) is 130 cm³/mol. The van der Waals surface area contributed by atoms with Gasteiger partial charge in [-0.05, 0) is 36.4 Å². The third-order valence-electron chi connectivity index (χ3n) is 5.21. The number of carbonyl (C=O) groups is 1. The van der Waals surface area contributed by atoms with Crippen LogP contribution in [0, 0.1) is 0 Å². The average molecular weight is 566 g/mol. The lowest BCUT2D eigenvalue weighted by molar-refractivity contribution is -0.137. The van der Waals surface area contributed by atoms with Gasteiger partial charge in [-0.15, -0.1) is 0 Å². The first-order chi connectivity index (χ1) is 16.4. The van der Waals surface area contributed by atoms with Gasteiger partial charge < -0.3 is 10.4 Å². The zero-order valence-corrected chi connectivity index (χ0v) is 20.6. The number of carboxylic acid groups (broad SMARTS) is 1. The van der Waals surface area contributed by atoms with Gasteiger partial charge in [0.05, 0.1) is 33.0 Å². The molecule has 0 radical (unpaired) electrons. The van der Waals surface area contributed by atoms with Crippen LogP contribution >= 0.6 is 35.0 Å². The molecule has 7 nitrogen and oxygen atoms in total. The Kier molecular flexibility index (Phi) is 7.13. The maximum atomic E-state index is 13.5. The van der Waals surface area contributed by atoms with E-state index in [2.05, 4.69) is 15.6 Å². The van der Waals surface area contributed by atoms with Crippen molar-refractivity contribution in [1.29, 1.82) is 0 Å². The Balaban J connectivity index is 1.94. The van der Waals surface area contributed by atoms with Crippen LogP contribution in [-0.4, -0.2) is 47.9 Å². The highest BCUT2D eigenvalue weighted by Crippen LogP contribution is 2.40. The van der Waals surface area contributed by atoms with Crippen molar-refractivity contribution in [3.63, 3.8) is 0 Å². The summed E-state index contributed by atoms with van der Waals surface area (Å²) in [6, 6.07) is 6.79. The highest BCUT2D eigenvalue weighted by molar-refractivity contribution is 8.01. The molecule has 0 saturated carbocycles. The minimum atomic E-state index is -4.80. The minimum absolute atomic E-state index is 0.0116. The minimum Gasteiger partial charge on any atom is -0.478 e. The number of nitrogens with zero attached hydrogens (tertiary/aromatic N) is 1. The molecule has 3 N–H and O–H groups in total. The van der Waals surface area contributed by atoms with Crippen LogP contribution < -0.4 is 10.6 Å². The molecule has 4 rings (SSSR count). The van der Waals surface area contributed by atoms with Crippen molar-refractivity contribution in [1.82, 2.24) is 10.3 Å². The highest BCUT2D eigenvalue weighted by atomic mass is 35.5. The van der Waals surface area contributed by atoms with Crippen LogP contribution in [0.15, 0.2) is 41.4 Å². The molecule has 1 aromatic heterocycles. The van der Waals surface area contributed by atoms with E-state index in [1.54, 1.807) is 0 Å². The molecule has 3 aromatic rings. The van der Waals surface area contributed by atoms with E-state index in [1.165, 1.54) is 30.0 Å². The molecule has 35 heavy (non-hydrogen) atoms. The van der Waals surface area contributed by atoms with Crippen LogP contribution in [-0.2, 0) is 16.0 Å². The first-order valence-electron chi connectivity index (χ1n) is 9.94. The summed E-state index contributed by atoms with van der Waals surface area (Å²) in [5, 5.41) is 13.4. The van der Waals surface area contributed by atoms with Crippen LogP contribution in [0.2, 0.25) is 10.0 Å². The molecular formula is C21H16Cl2F3N3O4S2. The smallest absolute Gasteiger partial charge is 0.417 e. The normalized spacial score (nSPS) is 16.9. The number of rotatable bonds is 5. The summed E-state index contributed by atoms with van der Waals surface area (Å²) in [4.78, 5) is 15.7. The van der Waals surface area contributed by atoms with Gasteiger partial charge in [0.25, 0.3) is 0 Å². The largest absolute Gasteiger partial charge is 0.478 e. The number of benzene rings is 2. The summed E-state index contributed by atoms with van der Waals surface area (Å²) >= 11 is 13.2. The Morgan fingerprint density at radius 3 is 2.54 bits per heavy atom. The van der Waals surface area contributed by atoms with Gasteiger partial charge in [-0.1, -0.05) is 23.2 Å². The van der Waals surface area contributed by atoms with Crippen LogP contribution in [0.5, 0.6) is 0 Å². The number of pyridine rings is 1. The topological polar surface area (TPSA) is 108 Å². The third kappa shape index (κ3) is 5.31. The number of carboxylic acids is 1. The summed E-state index contributed by atoms with van der Waals surface area (Å²) in [5.74, 6) is -0.368. The number of fused-ring (bicyclic) bond motifs is 1. The molecule has 1 aliphatic rings. The van der Waals surface area contributed by atoms with Crippen LogP contribution in [0.3, 0.4) is 0 Å².